The van der Waals surface area contributed by atoms with Gasteiger partial charge >= 0.3 is 0 Å². The highest BCUT2D eigenvalue weighted by molar-refractivity contribution is 7.13. The van der Waals surface area contributed by atoms with Gasteiger partial charge in [0.05, 0.1) is 12.0 Å². The van der Waals surface area contributed by atoms with Gasteiger partial charge in [0.15, 0.2) is 5.13 Å². The zero-order valence-electron chi connectivity index (χ0n) is 12.2. The van der Waals surface area contributed by atoms with Gasteiger partial charge in [0, 0.05) is 37.8 Å². The van der Waals surface area contributed by atoms with E-state index in [0.717, 1.165) is 36.8 Å². The number of carbonyl (C=O) groups is 1. The quantitative estimate of drug-likeness (QED) is 0.935. The predicted molar refractivity (Wildman–Crippen MR) is 82.8 cm³/mol. The lowest BCUT2D eigenvalue weighted by atomic mass is 10.1. The zero-order valence-corrected chi connectivity index (χ0v) is 13.1. The molecule has 0 saturated carbocycles. The summed E-state index contributed by atoms with van der Waals surface area (Å²) >= 11 is 1.66. The van der Waals surface area contributed by atoms with Crippen molar-refractivity contribution >= 4 is 22.4 Å². The Morgan fingerprint density at radius 2 is 2.38 bits per heavy atom. The second kappa shape index (κ2) is 5.85. The Kier molecular flexibility index (Phi) is 3.92. The van der Waals surface area contributed by atoms with Crippen molar-refractivity contribution in [3.8, 4) is 0 Å². The summed E-state index contributed by atoms with van der Waals surface area (Å²) in [5.74, 6) is -0.0993. The SMILES string of the molecule is Cc1csc(N2CCCC(NC(=O)c3cn(C)cn3)C2)n1. The van der Waals surface area contributed by atoms with Gasteiger partial charge < -0.3 is 14.8 Å². The summed E-state index contributed by atoms with van der Waals surface area (Å²) in [6.45, 7) is 3.82. The number of aryl methyl sites for hydroxylation is 2. The van der Waals surface area contributed by atoms with E-state index in [9.17, 15) is 4.79 Å². The number of nitrogens with one attached hydrogen (secondary N) is 1. The first-order chi connectivity index (χ1) is 10.1. The lowest BCUT2D eigenvalue weighted by Gasteiger charge is -2.32. The molecule has 0 spiro atoms. The number of hydrogen-bond acceptors (Lipinski definition) is 5. The molecule has 0 aromatic carbocycles. The fraction of sp³-hybridized carbons (Fsp3) is 0.500. The Labute approximate surface area is 127 Å². The third kappa shape index (κ3) is 3.24. The lowest BCUT2D eigenvalue weighted by molar-refractivity contribution is 0.0928. The summed E-state index contributed by atoms with van der Waals surface area (Å²) in [6, 6.07) is 0.150. The molecule has 1 N–H and O–H groups in total. The number of piperidine rings is 1. The van der Waals surface area contributed by atoms with Crippen LogP contribution in [-0.2, 0) is 7.05 Å². The molecule has 3 heterocycles. The third-order valence-electron chi connectivity index (χ3n) is 3.57. The van der Waals surface area contributed by atoms with Crippen LogP contribution in [0.5, 0.6) is 0 Å². The van der Waals surface area contributed by atoms with Gasteiger partial charge in [-0.25, -0.2) is 9.97 Å². The third-order valence-corrected chi connectivity index (χ3v) is 4.59. The molecule has 1 saturated heterocycles. The minimum Gasteiger partial charge on any atom is -0.346 e. The Bertz CT molecular complexity index is 635. The highest BCUT2D eigenvalue weighted by atomic mass is 32.1. The van der Waals surface area contributed by atoms with Crippen molar-refractivity contribution < 1.29 is 4.79 Å². The molecule has 0 aliphatic carbocycles. The van der Waals surface area contributed by atoms with Crippen molar-refractivity contribution in [1.29, 1.82) is 0 Å². The molecule has 7 heteroatoms. The highest BCUT2D eigenvalue weighted by Gasteiger charge is 2.24. The van der Waals surface area contributed by atoms with E-state index in [4.69, 9.17) is 0 Å². The molecule has 1 aliphatic rings. The average molecular weight is 305 g/mol. The maximum Gasteiger partial charge on any atom is 0.271 e. The molecule has 2 aromatic rings. The van der Waals surface area contributed by atoms with Crippen LogP contribution in [0.4, 0.5) is 5.13 Å². The van der Waals surface area contributed by atoms with Crippen molar-refractivity contribution in [3.63, 3.8) is 0 Å². The van der Waals surface area contributed by atoms with Crippen molar-refractivity contribution in [3.05, 3.63) is 29.3 Å². The Balaban J connectivity index is 1.62. The molecule has 1 fully saturated rings. The number of aromatic nitrogens is 3. The lowest BCUT2D eigenvalue weighted by Crippen LogP contribution is -2.47. The monoisotopic (exact) mass is 305 g/mol. The summed E-state index contributed by atoms with van der Waals surface area (Å²) < 4.78 is 1.78. The second-order valence-corrected chi connectivity index (χ2v) is 6.29. The Morgan fingerprint density at radius 3 is 3.05 bits per heavy atom. The van der Waals surface area contributed by atoms with Crippen molar-refractivity contribution in [2.24, 2.45) is 7.05 Å². The van der Waals surface area contributed by atoms with Gasteiger partial charge in [-0.05, 0) is 19.8 Å². The van der Waals surface area contributed by atoms with Gasteiger partial charge in [0.25, 0.3) is 5.91 Å². The van der Waals surface area contributed by atoms with Crippen molar-refractivity contribution in [1.82, 2.24) is 19.9 Å². The van der Waals surface area contributed by atoms with Crippen LogP contribution in [0.15, 0.2) is 17.9 Å². The van der Waals surface area contributed by atoms with Gasteiger partial charge in [-0.1, -0.05) is 0 Å². The van der Waals surface area contributed by atoms with Crippen LogP contribution in [0.3, 0.4) is 0 Å². The van der Waals surface area contributed by atoms with Gasteiger partial charge in [-0.3, -0.25) is 4.79 Å². The molecular weight excluding hydrogens is 286 g/mol. The molecule has 0 radical (unpaired) electrons. The maximum atomic E-state index is 12.2. The number of carbonyl (C=O) groups excluding carboxylic acids is 1. The van der Waals surface area contributed by atoms with E-state index in [0.29, 0.717) is 5.69 Å². The first kappa shape index (κ1) is 14.1. The first-order valence-corrected chi connectivity index (χ1v) is 7.95. The Hall–Kier alpha value is -1.89. The molecule has 6 nitrogen and oxygen atoms in total. The topological polar surface area (TPSA) is 63.1 Å². The van der Waals surface area contributed by atoms with Gasteiger partial charge in [-0.2, -0.15) is 0 Å². The fourth-order valence-electron chi connectivity index (χ4n) is 2.54. The molecule has 21 heavy (non-hydrogen) atoms. The van der Waals surface area contributed by atoms with Crippen LogP contribution in [0.25, 0.3) is 0 Å². The van der Waals surface area contributed by atoms with Crippen LogP contribution >= 0.6 is 11.3 Å². The summed E-state index contributed by atoms with van der Waals surface area (Å²) in [4.78, 5) is 23.0. The molecule has 1 aliphatic heterocycles. The van der Waals surface area contributed by atoms with Crippen LogP contribution in [-0.4, -0.2) is 39.6 Å². The minimum atomic E-state index is -0.0993. The molecule has 2 aromatic heterocycles. The number of anilines is 1. The highest BCUT2D eigenvalue weighted by Crippen LogP contribution is 2.23. The van der Waals surface area contributed by atoms with E-state index in [2.05, 4.69) is 25.6 Å². The predicted octanol–water partition coefficient (Wildman–Crippen LogP) is 1.58. The Morgan fingerprint density at radius 1 is 1.52 bits per heavy atom. The van der Waals surface area contributed by atoms with E-state index in [1.165, 1.54) is 0 Å². The summed E-state index contributed by atoms with van der Waals surface area (Å²) in [6.07, 6.45) is 5.44. The molecule has 1 atom stereocenters. The summed E-state index contributed by atoms with van der Waals surface area (Å²) in [5.41, 5.74) is 1.52. The number of thiazole rings is 1. The summed E-state index contributed by atoms with van der Waals surface area (Å²) in [5, 5.41) is 6.18. The van der Waals surface area contributed by atoms with Crippen LogP contribution < -0.4 is 10.2 Å². The van der Waals surface area contributed by atoms with E-state index in [1.807, 2.05) is 14.0 Å². The molecule has 112 valence electrons. The number of hydrogen-bond donors (Lipinski definition) is 1. The van der Waals surface area contributed by atoms with E-state index in [-0.39, 0.29) is 11.9 Å². The zero-order chi connectivity index (χ0) is 14.8. The number of nitrogens with zero attached hydrogens (tertiary/aromatic N) is 4. The van der Waals surface area contributed by atoms with Gasteiger partial charge in [0.2, 0.25) is 0 Å². The maximum absolute atomic E-state index is 12.2. The van der Waals surface area contributed by atoms with Crippen molar-refractivity contribution in [2.45, 2.75) is 25.8 Å². The standard InChI is InChI=1S/C14H19N5OS/c1-10-8-21-14(16-10)19-5-3-4-11(6-19)17-13(20)12-7-18(2)9-15-12/h7-9,11H,3-6H2,1-2H3,(H,17,20). The van der Waals surface area contributed by atoms with Crippen LogP contribution in [0, 0.1) is 6.92 Å². The number of imidazole rings is 1. The molecule has 3 rings (SSSR count). The number of amides is 1. The molecular formula is C14H19N5OS. The van der Waals surface area contributed by atoms with E-state index >= 15 is 0 Å². The van der Waals surface area contributed by atoms with Gasteiger partial charge in [-0.15, -0.1) is 11.3 Å². The second-order valence-electron chi connectivity index (χ2n) is 5.45. The van der Waals surface area contributed by atoms with E-state index < -0.39 is 0 Å². The minimum absolute atomic E-state index is 0.0993. The van der Waals surface area contributed by atoms with Gasteiger partial charge in [0.1, 0.15) is 5.69 Å². The number of rotatable bonds is 3. The molecule has 1 amide bonds. The fourth-order valence-corrected chi connectivity index (χ4v) is 3.39. The van der Waals surface area contributed by atoms with Crippen LogP contribution in [0.2, 0.25) is 0 Å². The average Bonchev–Trinajstić information content (AvgIpc) is 3.08. The smallest absolute Gasteiger partial charge is 0.271 e. The molecule has 0 bridgehead atoms. The normalized spacial score (nSPS) is 18.8. The van der Waals surface area contributed by atoms with E-state index in [1.54, 1.807) is 28.4 Å². The molecule has 1 unspecified atom stereocenters. The largest absolute Gasteiger partial charge is 0.346 e. The van der Waals surface area contributed by atoms with Crippen LogP contribution in [0.1, 0.15) is 29.0 Å². The summed E-state index contributed by atoms with van der Waals surface area (Å²) in [7, 11) is 1.86. The first-order valence-electron chi connectivity index (χ1n) is 7.08. The van der Waals surface area contributed by atoms with Crippen molar-refractivity contribution in [2.75, 3.05) is 18.0 Å².